The Morgan fingerprint density at radius 2 is 1.43 bits per heavy atom. The maximum atomic E-state index is 11.0. The number of fused-ring (bicyclic) bond motifs is 3. The number of halogens is 1. The normalized spacial score (nSPS) is 28.6. The Hall–Kier alpha value is -3.28. The van der Waals surface area contributed by atoms with E-state index in [4.69, 9.17) is 11.6 Å². The first-order valence-corrected chi connectivity index (χ1v) is 18.2. The molecule has 5 aliphatic rings. The molecule has 46 heavy (non-hydrogen) atoms. The summed E-state index contributed by atoms with van der Waals surface area (Å²) >= 11 is 6.47. The summed E-state index contributed by atoms with van der Waals surface area (Å²) in [4.78, 5) is 4.68. The number of aliphatic imine (C=N–C) groups is 1. The van der Waals surface area contributed by atoms with Crippen molar-refractivity contribution in [3.8, 4) is 17.6 Å². The molecule has 3 fully saturated rings. The van der Waals surface area contributed by atoms with Crippen LogP contribution in [0.5, 0.6) is 5.75 Å². The van der Waals surface area contributed by atoms with E-state index in [1.165, 1.54) is 44.9 Å². The molecule has 1 N–H and O–H groups in total. The fourth-order valence-corrected chi connectivity index (χ4v) is 10.1. The van der Waals surface area contributed by atoms with Crippen LogP contribution in [-0.4, -0.2) is 11.3 Å². The van der Waals surface area contributed by atoms with Gasteiger partial charge in [-0.05, 0) is 121 Å². The van der Waals surface area contributed by atoms with E-state index >= 15 is 0 Å². The van der Waals surface area contributed by atoms with Gasteiger partial charge in [0.2, 0.25) is 0 Å². The maximum Gasteiger partial charge on any atom is 0.127 e. The molecule has 0 radical (unpaired) electrons. The van der Waals surface area contributed by atoms with Gasteiger partial charge in [-0.3, -0.25) is 4.99 Å². The van der Waals surface area contributed by atoms with Gasteiger partial charge in [-0.25, -0.2) is 0 Å². The molecule has 0 heterocycles. The van der Waals surface area contributed by atoms with E-state index < -0.39 is 0 Å². The third-order valence-corrected chi connectivity index (χ3v) is 12.4. The smallest absolute Gasteiger partial charge is 0.127 e. The summed E-state index contributed by atoms with van der Waals surface area (Å²) in [5.41, 5.74) is 3.79. The maximum absolute atomic E-state index is 11.0. The van der Waals surface area contributed by atoms with Crippen LogP contribution < -0.4 is 0 Å². The predicted octanol–water partition coefficient (Wildman–Crippen LogP) is 11.5. The number of allylic oxidation sites excluding steroid dienone is 8. The zero-order valence-corrected chi connectivity index (χ0v) is 28.0. The highest BCUT2D eigenvalue weighted by atomic mass is 35.5. The number of phenolic OH excluding ortho intramolecular Hbond substituents is 1. The Morgan fingerprint density at radius 1 is 0.826 bits per heavy atom. The fourth-order valence-electron chi connectivity index (χ4n) is 9.87. The summed E-state index contributed by atoms with van der Waals surface area (Å²) in [7, 11) is 0. The number of rotatable bonds is 7. The van der Waals surface area contributed by atoms with Crippen molar-refractivity contribution in [1.29, 1.82) is 0 Å². The Labute approximate surface area is 281 Å². The van der Waals surface area contributed by atoms with E-state index in [2.05, 4.69) is 84.5 Å². The van der Waals surface area contributed by atoms with Gasteiger partial charge in [0.05, 0.1) is 5.69 Å². The van der Waals surface area contributed by atoms with Crippen molar-refractivity contribution < 1.29 is 5.11 Å². The van der Waals surface area contributed by atoms with Gasteiger partial charge < -0.3 is 5.11 Å². The van der Waals surface area contributed by atoms with Crippen molar-refractivity contribution in [2.24, 2.45) is 45.9 Å². The van der Waals surface area contributed by atoms with E-state index in [-0.39, 0.29) is 5.41 Å². The molecule has 3 saturated carbocycles. The second-order valence-corrected chi connectivity index (χ2v) is 15.2. The Balaban J connectivity index is 1.04. The molecule has 2 nitrogen and oxygen atoms in total. The van der Waals surface area contributed by atoms with Gasteiger partial charge in [0, 0.05) is 28.8 Å². The highest BCUT2D eigenvalue weighted by molar-refractivity contribution is 6.31. The number of benzene rings is 2. The van der Waals surface area contributed by atoms with Crippen molar-refractivity contribution >= 4 is 23.5 Å². The van der Waals surface area contributed by atoms with Gasteiger partial charge in [0.1, 0.15) is 5.75 Å². The number of nitrogens with zero attached hydrogens (tertiary/aromatic N) is 1. The van der Waals surface area contributed by atoms with Crippen molar-refractivity contribution in [3.63, 3.8) is 0 Å². The monoisotopic (exact) mass is 629 g/mol. The quantitative estimate of drug-likeness (QED) is 0.240. The zero-order chi connectivity index (χ0) is 31.5. The SMILES string of the molecule is CC(CCC#Cc1ccc(N=Cc2cc(Cl)cc(C3CCCCC3)c2O)cc1)(C1CCCC1)C1C2C=CC=CC2C2C=CC=CC21. The first-order valence-electron chi connectivity index (χ1n) is 17.9. The summed E-state index contributed by atoms with van der Waals surface area (Å²) in [6, 6.07) is 11.9. The Kier molecular flexibility index (Phi) is 9.42. The summed E-state index contributed by atoms with van der Waals surface area (Å²) in [6.07, 6.45) is 34.4. The molecule has 5 unspecified atom stereocenters. The molecule has 0 bridgehead atoms. The van der Waals surface area contributed by atoms with E-state index in [0.29, 0.717) is 51.8 Å². The summed E-state index contributed by atoms with van der Waals surface area (Å²) in [5.74, 6) is 11.7. The molecule has 2 aromatic carbocycles. The Bertz CT molecular complexity index is 1570. The highest BCUT2D eigenvalue weighted by Gasteiger charge is 2.56. The molecular formula is C43H48ClNO. The predicted molar refractivity (Wildman–Crippen MR) is 193 cm³/mol. The van der Waals surface area contributed by atoms with Gasteiger partial charge in [0.25, 0.3) is 0 Å². The van der Waals surface area contributed by atoms with Gasteiger partial charge in [-0.15, -0.1) is 0 Å². The standard InChI is InChI=1S/C43H48ClNO/c1-43(33-16-5-6-17-33,41-38-20-9-7-18-36(38)37-19-8-10-21-39(37)41)26-12-11-13-30-22-24-35(25-23-30)45-29-32-27-34(44)28-40(42(32)46)31-14-3-2-4-15-31/h7-10,18-25,27-29,31,33,36-39,41,46H,2-6,12,14-17,26H2,1H3. The molecule has 0 saturated heterocycles. The van der Waals surface area contributed by atoms with E-state index in [9.17, 15) is 5.11 Å². The zero-order valence-electron chi connectivity index (χ0n) is 27.3. The lowest BCUT2D eigenvalue weighted by Gasteiger charge is -2.46. The average Bonchev–Trinajstić information content (AvgIpc) is 3.76. The third kappa shape index (κ3) is 6.33. The molecule has 3 heteroatoms. The first kappa shape index (κ1) is 31.3. The van der Waals surface area contributed by atoms with Crippen LogP contribution in [-0.2, 0) is 0 Å². The first-order chi connectivity index (χ1) is 22.5. The molecule has 0 amide bonds. The number of aromatic hydroxyl groups is 1. The third-order valence-electron chi connectivity index (χ3n) is 12.2. The molecule has 5 aliphatic carbocycles. The lowest BCUT2D eigenvalue weighted by atomic mass is 9.58. The molecule has 238 valence electrons. The van der Waals surface area contributed by atoms with E-state index in [0.717, 1.165) is 48.4 Å². The van der Waals surface area contributed by atoms with Crippen LogP contribution >= 0.6 is 11.6 Å². The van der Waals surface area contributed by atoms with Crippen molar-refractivity contribution in [2.75, 3.05) is 0 Å². The van der Waals surface area contributed by atoms with Crippen LogP contribution in [0.2, 0.25) is 5.02 Å². The number of hydrogen-bond acceptors (Lipinski definition) is 2. The van der Waals surface area contributed by atoms with Crippen molar-refractivity contribution in [1.82, 2.24) is 0 Å². The van der Waals surface area contributed by atoms with Crippen LogP contribution in [0.25, 0.3) is 0 Å². The lowest BCUT2D eigenvalue weighted by molar-refractivity contribution is 0.0465. The van der Waals surface area contributed by atoms with Crippen LogP contribution in [0.15, 0.2) is 90.0 Å². The minimum absolute atomic E-state index is 0.278. The Morgan fingerprint density at radius 3 is 2.09 bits per heavy atom. The highest BCUT2D eigenvalue weighted by Crippen LogP contribution is 2.62. The van der Waals surface area contributed by atoms with Crippen LogP contribution in [0.3, 0.4) is 0 Å². The minimum atomic E-state index is 0.278. The van der Waals surface area contributed by atoms with Crippen LogP contribution in [0.4, 0.5) is 5.69 Å². The minimum Gasteiger partial charge on any atom is -0.507 e. The summed E-state index contributed by atoms with van der Waals surface area (Å²) < 4.78 is 0. The van der Waals surface area contributed by atoms with Crippen molar-refractivity contribution in [3.05, 3.63) is 107 Å². The fraction of sp³-hybridized carbons (Fsp3) is 0.465. The van der Waals surface area contributed by atoms with Gasteiger partial charge in [0.15, 0.2) is 0 Å². The average molecular weight is 630 g/mol. The second-order valence-electron chi connectivity index (χ2n) is 14.7. The topological polar surface area (TPSA) is 32.6 Å². The molecule has 7 rings (SSSR count). The van der Waals surface area contributed by atoms with Crippen LogP contribution in [0, 0.1) is 52.8 Å². The van der Waals surface area contributed by atoms with Crippen molar-refractivity contribution in [2.45, 2.75) is 83.5 Å². The largest absolute Gasteiger partial charge is 0.507 e. The molecule has 0 spiro atoms. The summed E-state index contributed by atoms with van der Waals surface area (Å²) in [6.45, 7) is 2.62. The number of hydrogen-bond donors (Lipinski definition) is 1. The van der Waals surface area contributed by atoms with Gasteiger partial charge in [-0.1, -0.05) is 111 Å². The van der Waals surface area contributed by atoms with E-state index in [1.807, 2.05) is 18.2 Å². The van der Waals surface area contributed by atoms with Crippen LogP contribution in [0.1, 0.15) is 100 Å². The van der Waals surface area contributed by atoms with Gasteiger partial charge in [-0.2, -0.15) is 0 Å². The molecular weight excluding hydrogens is 582 g/mol. The number of phenols is 1. The molecule has 0 aromatic heterocycles. The van der Waals surface area contributed by atoms with E-state index in [1.54, 1.807) is 12.3 Å². The van der Waals surface area contributed by atoms with Gasteiger partial charge >= 0.3 is 0 Å². The summed E-state index contributed by atoms with van der Waals surface area (Å²) in [5, 5.41) is 11.7. The lowest BCUT2D eigenvalue weighted by Crippen LogP contribution is -2.40. The molecule has 2 aromatic rings. The second kappa shape index (κ2) is 13.8. The molecule has 0 aliphatic heterocycles. The molecule has 5 atom stereocenters.